The summed E-state index contributed by atoms with van der Waals surface area (Å²) in [7, 11) is 2.06. The molecule has 0 spiro atoms. The number of carbonyl (C=O) groups is 1. The van der Waals surface area contributed by atoms with E-state index >= 15 is 4.39 Å². The minimum atomic E-state index is -1.07. The number of fused-ring (bicyclic) bond motifs is 7. The smallest absolute Gasteiger partial charge is 0.462 e. The van der Waals surface area contributed by atoms with Crippen molar-refractivity contribution in [3.05, 3.63) is 34.9 Å². The number of nitrogens with one attached hydrogen (secondary N) is 1. The van der Waals surface area contributed by atoms with Gasteiger partial charge in [-0.1, -0.05) is 11.6 Å². The molecule has 1 aromatic carbocycles. The van der Waals surface area contributed by atoms with E-state index in [1.807, 2.05) is 4.90 Å². The number of hydrogen-bond donors (Lipinski definition) is 1. The minimum Gasteiger partial charge on any atom is -0.462 e. The SMILES string of the molecule is CN1CCC[C@H]1COc1nc2c3cnc(c(F)c3n1)-c1c(c(Cl)cc3[nH]ncc13)CCCOC(=O)O[C@@]1(C)COCCN2C1. The third-order valence-corrected chi connectivity index (χ3v) is 8.95. The zero-order valence-corrected chi connectivity index (χ0v) is 25.3. The predicted octanol–water partition coefficient (Wildman–Crippen LogP) is 4.53. The minimum absolute atomic E-state index is 0.0527. The molecule has 12 nitrogen and oxygen atoms in total. The molecule has 3 aromatic heterocycles. The van der Waals surface area contributed by atoms with Gasteiger partial charge in [-0.15, -0.1) is 0 Å². The topological polar surface area (TPSA) is 128 Å². The monoisotopic (exact) mass is 625 g/mol. The number of hydrogen-bond acceptors (Lipinski definition) is 11. The molecular formula is C30H33ClFN7O5. The van der Waals surface area contributed by atoms with Crippen LogP contribution in [0.1, 0.15) is 31.7 Å². The van der Waals surface area contributed by atoms with Crippen LogP contribution in [0.2, 0.25) is 5.02 Å². The number of nitrogens with zero attached hydrogens (tertiary/aromatic N) is 6. The Morgan fingerprint density at radius 2 is 2.09 bits per heavy atom. The Hall–Kier alpha value is -3.81. The zero-order chi connectivity index (χ0) is 30.4. The maximum atomic E-state index is 16.9. The number of carbonyl (C=O) groups excluding carboxylic acids is 1. The number of pyridine rings is 1. The fourth-order valence-electron chi connectivity index (χ4n) is 6.35. The first kappa shape index (κ1) is 28.9. The van der Waals surface area contributed by atoms with Gasteiger partial charge in [-0.3, -0.25) is 10.1 Å². The molecule has 4 aliphatic heterocycles. The number of halogens is 2. The standard InChI is InChI=1S/C30H33ClFN7O5/c1-30-15-39(8-10-41-16-30)27-20-12-33-26(24(32)25(20)35-28(36-27)43-14-17-5-3-7-38(17)2)23-18(6-4-9-42-29(40)44-30)21(31)11-22-19(23)13-34-37-22/h11-13,17H,3-10,14-16H2,1-2H3,(H,34,37)/t17-,30+/m0/s1. The lowest BCUT2D eigenvalue weighted by Gasteiger charge is -2.32. The second-order valence-corrected chi connectivity index (χ2v) is 12.3. The highest BCUT2D eigenvalue weighted by atomic mass is 35.5. The quantitative estimate of drug-likeness (QED) is 0.323. The van der Waals surface area contributed by atoms with E-state index in [4.69, 9.17) is 35.5 Å². The first-order chi connectivity index (χ1) is 21.3. The molecule has 0 amide bonds. The van der Waals surface area contributed by atoms with Gasteiger partial charge in [0.2, 0.25) is 0 Å². The molecule has 2 fully saturated rings. The summed E-state index contributed by atoms with van der Waals surface area (Å²) in [6, 6.07) is 2.01. The average molecular weight is 626 g/mol. The van der Waals surface area contributed by atoms with Gasteiger partial charge in [-0.2, -0.15) is 15.1 Å². The average Bonchev–Trinajstić information content (AvgIpc) is 3.58. The fourth-order valence-corrected chi connectivity index (χ4v) is 6.65. The number of benzene rings is 1. The number of likely N-dealkylation sites (N-methyl/N-ethyl adjacent to an activating group) is 1. The van der Waals surface area contributed by atoms with E-state index in [0.29, 0.717) is 70.9 Å². The van der Waals surface area contributed by atoms with E-state index in [2.05, 4.69) is 32.1 Å². The molecule has 232 valence electrons. The van der Waals surface area contributed by atoms with Crippen LogP contribution in [0.4, 0.5) is 15.0 Å². The van der Waals surface area contributed by atoms with Crippen molar-refractivity contribution in [2.75, 3.05) is 58.0 Å². The van der Waals surface area contributed by atoms with Gasteiger partial charge in [-0.05, 0) is 57.8 Å². The van der Waals surface area contributed by atoms with E-state index in [1.165, 1.54) is 0 Å². The number of aromatic nitrogens is 5. The Kier molecular flexibility index (Phi) is 7.63. The Morgan fingerprint density at radius 3 is 2.93 bits per heavy atom. The summed E-state index contributed by atoms with van der Waals surface area (Å²) in [5.41, 5.74) is 0.885. The summed E-state index contributed by atoms with van der Waals surface area (Å²) in [6.07, 6.45) is 5.28. The summed E-state index contributed by atoms with van der Waals surface area (Å²) >= 11 is 6.75. The van der Waals surface area contributed by atoms with Crippen molar-refractivity contribution >= 4 is 45.4 Å². The second kappa shape index (κ2) is 11.6. The molecule has 8 rings (SSSR count). The van der Waals surface area contributed by atoms with Crippen molar-refractivity contribution in [1.82, 2.24) is 30.0 Å². The van der Waals surface area contributed by atoms with E-state index < -0.39 is 17.6 Å². The summed E-state index contributed by atoms with van der Waals surface area (Å²) < 4.78 is 40.1. The van der Waals surface area contributed by atoms with Crippen LogP contribution in [0.15, 0.2) is 18.5 Å². The molecular weight excluding hydrogens is 593 g/mol. The number of anilines is 1. The van der Waals surface area contributed by atoms with Crippen LogP contribution in [0.25, 0.3) is 33.1 Å². The fraction of sp³-hybridized carbons (Fsp3) is 0.500. The number of likely N-dealkylation sites (tertiary alicyclic amines) is 1. The van der Waals surface area contributed by atoms with Gasteiger partial charge < -0.3 is 28.7 Å². The highest BCUT2D eigenvalue weighted by Gasteiger charge is 2.37. The lowest BCUT2D eigenvalue weighted by atomic mass is 9.95. The molecule has 0 aliphatic carbocycles. The molecule has 2 atom stereocenters. The summed E-state index contributed by atoms with van der Waals surface area (Å²) in [5.74, 6) is -0.216. The van der Waals surface area contributed by atoms with Gasteiger partial charge in [0.05, 0.1) is 43.5 Å². The molecule has 14 heteroatoms. The van der Waals surface area contributed by atoms with Crippen LogP contribution in [-0.4, -0.2) is 101 Å². The van der Waals surface area contributed by atoms with Crippen molar-refractivity contribution in [3.8, 4) is 17.3 Å². The van der Waals surface area contributed by atoms with Crippen molar-refractivity contribution in [2.45, 2.75) is 44.2 Å². The maximum Gasteiger partial charge on any atom is 0.508 e. The largest absolute Gasteiger partial charge is 0.508 e. The van der Waals surface area contributed by atoms with Gasteiger partial charge in [0.15, 0.2) is 11.4 Å². The Labute approximate surface area is 257 Å². The zero-order valence-electron chi connectivity index (χ0n) is 24.6. The van der Waals surface area contributed by atoms with Crippen LogP contribution in [-0.2, 0) is 20.6 Å². The first-order valence-electron chi connectivity index (χ1n) is 14.8. The van der Waals surface area contributed by atoms with Crippen LogP contribution in [0.3, 0.4) is 0 Å². The van der Waals surface area contributed by atoms with E-state index in [-0.39, 0.29) is 43.0 Å². The van der Waals surface area contributed by atoms with E-state index in [9.17, 15) is 4.79 Å². The number of rotatable bonds is 3. The van der Waals surface area contributed by atoms with Crippen molar-refractivity contribution in [2.24, 2.45) is 0 Å². The number of aromatic amines is 1. The van der Waals surface area contributed by atoms with Crippen molar-refractivity contribution in [3.63, 3.8) is 0 Å². The molecule has 7 heterocycles. The van der Waals surface area contributed by atoms with Gasteiger partial charge >= 0.3 is 12.2 Å². The molecule has 0 unspecified atom stereocenters. The Morgan fingerprint density at radius 1 is 1.20 bits per heavy atom. The highest BCUT2D eigenvalue weighted by Crippen LogP contribution is 2.40. The second-order valence-electron chi connectivity index (χ2n) is 11.9. The molecule has 0 saturated carbocycles. The molecule has 4 aliphatic rings. The molecule has 4 aromatic rings. The molecule has 2 saturated heterocycles. The molecule has 0 radical (unpaired) electrons. The van der Waals surface area contributed by atoms with Crippen molar-refractivity contribution < 1.29 is 28.1 Å². The maximum absolute atomic E-state index is 16.9. The van der Waals surface area contributed by atoms with Gasteiger partial charge in [0.25, 0.3) is 0 Å². The van der Waals surface area contributed by atoms with Crippen molar-refractivity contribution in [1.29, 1.82) is 0 Å². The van der Waals surface area contributed by atoms with Crippen LogP contribution in [0.5, 0.6) is 6.01 Å². The van der Waals surface area contributed by atoms with Gasteiger partial charge in [0, 0.05) is 34.8 Å². The van der Waals surface area contributed by atoms with Crippen LogP contribution >= 0.6 is 11.6 Å². The Balaban J connectivity index is 1.43. The normalized spacial score (nSPS) is 23.1. The lowest BCUT2D eigenvalue weighted by molar-refractivity contribution is -0.0575. The van der Waals surface area contributed by atoms with Gasteiger partial charge in [-0.25, -0.2) is 9.18 Å². The first-order valence-corrected chi connectivity index (χ1v) is 15.2. The Bertz CT molecular complexity index is 1740. The van der Waals surface area contributed by atoms with Crippen LogP contribution < -0.4 is 9.64 Å². The molecule has 1 N–H and O–H groups in total. The lowest BCUT2D eigenvalue weighted by Crippen LogP contribution is -2.46. The molecule has 44 heavy (non-hydrogen) atoms. The summed E-state index contributed by atoms with van der Waals surface area (Å²) in [4.78, 5) is 30.9. The number of H-pyrrole nitrogens is 1. The molecule has 6 bridgehead atoms. The summed E-state index contributed by atoms with van der Waals surface area (Å²) in [6.45, 7) is 4.31. The van der Waals surface area contributed by atoms with E-state index in [1.54, 1.807) is 25.4 Å². The summed E-state index contributed by atoms with van der Waals surface area (Å²) in [5, 5.41) is 8.56. The predicted molar refractivity (Wildman–Crippen MR) is 161 cm³/mol. The third-order valence-electron chi connectivity index (χ3n) is 8.61. The van der Waals surface area contributed by atoms with E-state index in [0.717, 1.165) is 19.4 Å². The highest BCUT2D eigenvalue weighted by molar-refractivity contribution is 6.33. The van der Waals surface area contributed by atoms with Gasteiger partial charge in [0.1, 0.15) is 23.6 Å². The van der Waals surface area contributed by atoms with Crippen LogP contribution in [0, 0.1) is 5.82 Å². The third kappa shape index (κ3) is 5.37. The number of ether oxygens (including phenoxy) is 4.